The number of hydrogen-bond acceptors (Lipinski definition) is 1. The second-order valence-electron chi connectivity index (χ2n) is 6.28. The fraction of sp³-hybridized carbons (Fsp3) is 0.846. The van der Waals surface area contributed by atoms with Gasteiger partial charge in [-0.15, -0.1) is 6.58 Å². The van der Waals surface area contributed by atoms with Gasteiger partial charge in [-0.3, -0.25) is 0 Å². The van der Waals surface area contributed by atoms with Crippen molar-refractivity contribution in [2.24, 2.45) is 5.92 Å². The van der Waals surface area contributed by atoms with Crippen LogP contribution < -0.4 is 0 Å². The minimum absolute atomic E-state index is 0.321. The molecule has 0 bridgehead atoms. The quantitative estimate of drug-likeness (QED) is 0.500. The van der Waals surface area contributed by atoms with Crippen molar-refractivity contribution in [3.63, 3.8) is 0 Å². The molecule has 1 nitrogen and oxygen atoms in total. The molecule has 1 fully saturated rings. The molecule has 1 atom stereocenters. The summed E-state index contributed by atoms with van der Waals surface area (Å²) >= 11 is 0. The maximum atomic E-state index is 6.43. The Bertz CT molecular complexity index is 223. The Morgan fingerprint density at radius 2 is 1.93 bits per heavy atom. The van der Waals surface area contributed by atoms with Crippen LogP contribution in [0.4, 0.5) is 0 Å². The molecule has 0 amide bonds. The van der Waals surface area contributed by atoms with Crippen LogP contribution >= 0.6 is 0 Å². The van der Waals surface area contributed by atoms with Crippen LogP contribution in [0.3, 0.4) is 0 Å². The molecule has 0 N–H and O–H groups in total. The molecule has 0 radical (unpaired) electrons. The average Bonchev–Trinajstić information content (AvgIpc) is 2.82. The van der Waals surface area contributed by atoms with Crippen molar-refractivity contribution in [2.75, 3.05) is 0 Å². The Labute approximate surface area is 96.0 Å². The fourth-order valence-electron chi connectivity index (χ4n) is 1.52. The van der Waals surface area contributed by atoms with E-state index in [1.165, 1.54) is 12.8 Å². The molecule has 0 aliphatic heterocycles. The molecule has 0 saturated heterocycles. The summed E-state index contributed by atoms with van der Waals surface area (Å²) in [5, 5.41) is 0.321. The largest absolute Gasteiger partial charge is 0.413 e. The monoisotopic (exact) mass is 226 g/mol. The Hall–Kier alpha value is -0.0831. The van der Waals surface area contributed by atoms with Crippen molar-refractivity contribution in [3.8, 4) is 0 Å². The molecule has 2 heteroatoms. The number of hydrogen-bond donors (Lipinski definition) is 0. The second-order valence-corrected chi connectivity index (χ2v) is 11.0. The molecule has 1 aliphatic carbocycles. The van der Waals surface area contributed by atoms with Gasteiger partial charge in [-0.2, -0.15) is 0 Å². The molecule has 0 aromatic rings. The van der Waals surface area contributed by atoms with Gasteiger partial charge in [0, 0.05) is 0 Å². The second kappa shape index (κ2) is 4.42. The van der Waals surface area contributed by atoms with Crippen molar-refractivity contribution in [3.05, 3.63) is 12.7 Å². The molecule has 0 heterocycles. The molecule has 1 rings (SSSR count). The van der Waals surface area contributed by atoms with Gasteiger partial charge in [0.1, 0.15) is 0 Å². The van der Waals surface area contributed by atoms with E-state index in [9.17, 15) is 0 Å². The van der Waals surface area contributed by atoms with Crippen LogP contribution in [0.1, 0.15) is 40.0 Å². The van der Waals surface area contributed by atoms with E-state index in [2.05, 4.69) is 40.4 Å². The van der Waals surface area contributed by atoms with Gasteiger partial charge in [0.25, 0.3) is 0 Å². The summed E-state index contributed by atoms with van der Waals surface area (Å²) in [6.45, 7) is 15.4. The summed E-state index contributed by atoms with van der Waals surface area (Å²) in [6.07, 6.45) is 6.19. The summed E-state index contributed by atoms with van der Waals surface area (Å²) in [5.74, 6) is 0.817. The standard InChI is InChI=1S/C13H26OSi/c1-7-8-12(11-9-10-11)14-15(5,6)13(2,3)4/h7,11-12H,1,8-10H2,2-6H3/t12-/m1/s1. The Kier molecular flexibility index (Phi) is 3.83. The van der Waals surface area contributed by atoms with Gasteiger partial charge in [-0.25, -0.2) is 0 Å². The SMILES string of the molecule is C=CC[C@@H](O[Si](C)(C)C(C)(C)C)C1CC1. The Balaban J connectivity index is 2.59. The molecule has 1 aliphatic rings. The van der Waals surface area contributed by atoms with Crippen molar-refractivity contribution < 1.29 is 4.43 Å². The third-order valence-electron chi connectivity index (χ3n) is 3.80. The summed E-state index contributed by atoms with van der Waals surface area (Å²) in [4.78, 5) is 0. The van der Waals surface area contributed by atoms with Crippen LogP contribution in [-0.4, -0.2) is 14.4 Å². The van der Waals surface area contributed by atoms with E-state index in [4.69, 9.17) is 4.43 Å². The lowest BCUT2D eigenvalue weighted by Crippen LogP contribution is -2.44. The van der Waals surface area contributed by atoms with E-state index in [-0.39, 0.29) is 0 Å². The van der Waals surface area contributed by atoms with E-state index in [1.54, 1.807) is 0 Å². The van der Waals surface area contributed by atoms with Gasteiger partial charge in [0.2, 0.25) is 0 Å². The van der Waals surface area contributed by atoms with Crippen LogP contribution in [0.25, 0.3) is 0 Å². The topological polar surface area (TPSA) is 9.23 Å². The molecule has 0 unspecified atom stereocenters. The fourth-order valence-corrected chi connectivity index (χ4v) is 2.92. The zero-order valence-corrected chi connectivity index (χ0v) is 12.0. The molecule has 0 spiro atoms. The first kappa shape index (κ1) is 13.0. The maximum absolute atomic E-state index is 6.43. The van der Waals surface area contributed by atoms with Crippen molar-refractivity contribution in [1.29, 1.82) is 0 Å². The first-order valence-electron chi connectivity index (χ1n) is 6.06. The van der Waals surface area contributed by atoms with Gasteiger partial charge in [-0.05, 0) is 43.3 Å². The molecule has 0 aromatic carbocycles. The van der Waals surface area contributed by atoms with E-state index in [1.807, 2.05) is 6.08 Å². The van der Waals surface area contributed by atoms with Crippen LogP contribution in [-0.2, 0) is 4.43 Å². The predicted octanol–water partition coefficient (Wildman–Crippen LogP) is 4.36. The molecule has 15 heavy (non-hydrogen) atoms. The van der Waals surface area contributed by atoms with Crippen LogP contribution in [0, 0.1) is 5.92 Å². The average molecular weight is 226 g/mol. The zero-order chi connectivity index (χ0) is 11.7. The summed E-state index contributed by atoms with van der Waals surface area (Å²) in [5.41, 5.74) is 0. The molecular weight excluding hydrogens is 200 g/mol. The van der Waals surface area contributed by atoms with Gasteiger partial charge in [0.05, 0.1) is 6.10 Å². The summed E-state index contributed by atoms with van der Waals surface area (Å²) in [7, 11) is -1.58. The normalized spacial score (nSPS) is 20.1. The van der Waals surface area contributed by atoms with Gasteiger partial charge >= 0.3 is 0 Å². The van der Waals surface area contributed by atoms with Crippen LogP contribution in [0.2, 0.25) is 18.1 Å². The summed E-state index contributed by atoms with van der Waals surface area (Å²) < 4.78 is 6.43. The smallest absolute Gasteiger partial charge is 0.192 e. The van der Waals surface area contributed by atoms with Gasteiger partial charge in [-0.1, -0.05) is 26.8 Å². The molecule has 0 aromatic heterocycles. The highest BCUT2D eigenvalue weighted by molar-refractivity contribution is 6.74. The van der Waals surface area contributed by atoms with Crippen molar-refractivity contribution in [2.45, 2.75) is 64.3 Å². The van der Waals surface area contributed by atoms with E-state index in [0.29, 0.717) is 11.1 Å². The van der Waals surface area contributed by atoms with Crippen molar-refractivity contribution in [1.82, 2.24) is 0 Å². The summed E-state index contributed by atoms with van der Waals surface area (Å²) in [6, 6.07) is 0. The van der Waals surface area contributed by atoms with Crippen LogP contribution in [0.15, 0.2) is 12.7 Å². The van der Waals surface area contributed by atoms with E-state index in [0.717, 1.165) is 12.3 Å². The van der Waals surface area contributed by atoms with E-state index >= 15 is 0 Å². The van der Waals surface area contributed by atoms with Crippen LogP contribution in [0.5, 0.6) is 0 Å². The highest BCUT2D eigenvalue weighted by Gasteiger charge is 2.42. The lowest BCUT2D eigenvalue weighted by Gasteiger charge is -2.39. The molecule has 1 saturated carbocycles. The maximum Gasteiger partial charge on any atom is 0.192 e. The third kappa shape index (κ3) is 3.46. The van der Waals surface area contributed by atoms with Crippen molar-refractivity contribution >= 4 is 8.32 Å². The van der Waals surface area contributed by atoms with Gasteiger partial charge < -0.3 is 4.43 Å². The lowest BCUT2D eigenvalue weighted by atomic mass is 10.2. The molecular formula is C13H26OSi. The molecule has 88 valence electrons. The first-order valence-corrected chi connectivity index (χ1v) is 8.97. The Morgan fingerprint density at radius 3 is 2.27 bits per heavy atom. The minimum Gasteiger partial charge on any atom is -0.413 e. The predicted molar refractivity (Wildman–Crippen MR) is 69.6 cm³/mol. The zero-order valence-electron chi connectivity index (χ0n) is 11.0. The van der Waals surface area contributed by atoms with E-state index < -0.39 is 8.32 Å². The third-order valence-corrected chi connectivity index (χ3v) is 8.30. The Morgan fingerprint density at radius 1 is 1.40 bits per heavy atom. The van der Waals surface area contributed by atoms with Gasteiger partial charge in [0.15, 0.2) is 8.32 Å². The minimum atomic E-state index is -1.58. The first-order chi connectivity index (χ1) is 6.78. The lowest BCUT2D eigenvalue weighted by molar-refractivity contribution is 0.161. The highest BCUT2D eigenvalue weighted by atomic mass is 28.4. The number of rotatable bonds is 5. The highest BCUT2D eigenvalue weighted by Crippen LogP contribution is 2.42.